The fourth-order valence-corrected chi connectivity index (χ4v) is 2.75. The lowest BCUT2D eigenvalue weighted by molar-refractivity contribution is -0.115. The molecule has 2 amide bonds. The Labute approximate surface area is 176 Å². The maximum Gasteiger partial charge on any atom is 0.251 e. The van der Waals surface area contributed by atoms with Crippen molar-refractivity contribution in [3.8, 4) is 0 Å². The van der Waals surface area contributed by atoms with Crippen LogP contribution in [0.3, 0.4) is 0 Å². The van der Waals surface area contributed by atoms with Crippen molar-refractivity contribution in [2.24, 2.45) is 0 Å². The van der Waals surface area contributed by atoms with Crippen molar-refractivity contribution in [2.75, 3.05) is 31.5 Å². The highest BCUT2D eigenvalue weighted by Gasteiger charge is 2.07. The van der Waals surface area contributed by atoms with Gasteiger partial charge >= 0.3 is 0 Å². The van der Waals surface area contributed by atoms with E-state index in [4.69, 9.17) is 16.6 Å². The molecule has 2 rings (SSSR count). The Morgan fingerprint density at radius 2 is 1.86 bits per heavy atom. The number of thiocarbonyl (C=S) groups is 1. The Kier molecular flexibility index (Phi) is 9.07. The molecule has 0 unspecified atom stereocenters. The molecule has 0 aliphatic carbocycles. The summed E-state index contributed by atoms with van der Waals surface area (Å²) in [5.74, 6) is 0.0794. The highest BCUT2D eigenvalue weighted by molar-refractivity contribution is 7.80. The highest BCUT2D eigenvalue weighted by atomic mass is 32.1. The molecule has 3 N–H and O–H groups in total. The molecule has 154 valence electrons. The minimum absolute atomic E-state index is 0.123. The first-order valence-electron chi connectivity index (χ1n) is 9.46. The number of carbonyl (C=O) groups is 2. The maximum atomic E-state index is 12.2. The van der Waals surface area contributed by atoms with Gasteiger partial charge in [-0.1, -0.05) is 13.8 Å². The summed E-state index contributed by atoms with van der Waals surface area (Å²) in [6, 6.07) is 10.3. The summed E-state index contributed by atoms with van der Waals surface area (Å²) in [5, 5.41) is 8.53. The van der Waals surface area contributed by atoms with Crippen LogP contribution in [0.4, 0.5) is 5.69 Å². The van der Waals surface area contributed by atoms with E-state index in [1.54, 1.807) is 42.5 Å². The molecule has 2 aromatic rings. The molecule has 0 spiro atoms. The number of carbonyl (C=O) groups excluding carboxylic acids is 2. The van der Waals surface area contributed by atoms with Gasteiger partial charge in [0.1, 0.15) is 5.76 Å². The van der Waals surface area contributed by atoms with Gasteiger partial charge in [0.05, 0.1) is 6.26 Å². The first kappa shape index (κ1) is 22.3. The highest BCUT2D eigenvalue weighted by Crippen LogP contribution is 2.09. The fourth-order valence-electron chi connectivity index (χ4n) is 2.53. The standard InChI is InChI=1S/C21H26N4O3S/c1-3-25(4-2)14-13-22-20(27)16-7-9-17(10-8-16)23-21(29)24-19(26)12-11-18-6-5-15-28-18/h5-12,15H,3-4,13-14H2,1-2H3,(H,22,27)(H2,23,24,26,29). The van der Waals surface area contributed by atoms with E-state index in [-0.39, 0.29) is 16.9 Å². The van der Waals surface area contributed by atoms with Gasteiger partial charge in [-0.15, -0.1) is 0 Å². The number of furan rings is 1. The number of amides is 2. The number of rotatable bonds is 9. The van der Waals surface area contributed by atoms with Gasteiger partial charge in [0.15, 0.2) is 5.11 Å². The number of hydrogen-bond acceptors (Lipinski definition) is 5. The van der Waals surface area contributed by atoms with Crippen LogP contribution in [-0.2, 0) is 4.79 Å². The lowest BCUT2D eigenvalue weighted by Crippen LogP contribution is -2.34. The predicted molar refractivity (Wildman–Crippen MR) is 119 cm³/mol. The van der Waals surface area contributed by atoms with Gasteiger partial charge in [0.2, 0.25) is 5.91 Å². The molecule has 8 heteroatoms. The van der Waals surface area contributed by atoms with Crippen molar-refractivity contribution in [3.63, 3.8) is 0 Å². The summed E-state index contributed by atoms with van der Waals surface area (Å²) < 4.78 is 5.11. The van der Waals surface area contributed by atoms with E-state index in [9.17, 15) is 9.59 Å². The zero-order valence-electron chi connectivity index (χ0n) is 16.6. The third kappa shape index (κ3) is 7.89. The lowest BCUT2D eigenvalue weighted by atomic mass is 10.2. The van der Waals surface area contributed by atoms with Crippen LogP contribution in [0.5, 0.6) is 0 Å². The van der Waals surface area contributed by atoms with E-state index in [2.05, 4.69) is 34.7 Å². The van der Waals surface area contributed by atoms with E-state index in [1.165, 1.54) is 12.3 Å². The van der Waals surface area contributed by atoms with Crippen molar-refractivity contribution in [2.45, 2.75) is 13.8 Å². The SMILES string of the molecule is CCN(CC)CCNC(=O)c1ccc(NC(=S)NC(=O)C=Cc2ccco2)cc1. The van der Waals surface area contributed by atoms with Gasteiger partial charge in [0, 0.05) is 30.4 Å². The monoisotopic (exact) mass is 414 g/mol. The summed E-state index contributed by atoms with van der Waals surface area (Å²) >= 11 is 5.13. The Balaban J connectivity index is 1.78. The Bertz CT molecular complexity index is 828. The Hall–Kier alpha value is -2.97. The molecule has 0 bridgehead atoms. The van der Waals surface area contributed by atoms with E-state index < -0.39 is 0 Å². The topological polar surface area (TPSA) is 86.6 Å². The smallest absolute Gasteiger partial charge is 0.251 e. The second-order valence-electron chi connectivity index (χ2n) is 6.15. The predicted octanol–water partition coefficient (Wildman–Crippen LogP) is 2.88. The summed E-state index contributed by atoms with van der Waals surface area (Å²) in [7, 11) is 0. The minimum Gasteiger partial charge on any atom is -0.465 e. The van der Waals surface area contributed by atoms with Gasteiger partial charge in [-0.05, 0) is 67.8 Å². The number of hydrogen-bond donors (Lipinski definition) is 3. The molecule has 1 aromatic carbocycles. The van der Waals surface area contributed by atoms with Gasteiger partial charge in [-0.3, -0.25) is 14.9 Å². The minimum atomic E-state index is -0.372. The molecule has 0 saturated heterocycles. The second-order valence-corrected chi connectivity index (χ2v) is 6.56. The van der Waals surface area contributed by atoms with Gasteiger partial charge in [0.25, 0.3) is 5.91 Å². The normalized spacial score (nSPS) is 10.9. The zero-order chi connectivity index (χ0) is 21.1. The van der Waals surface area contributed by atoms with Crippen LogP contribution in [0.15, 0.2) is 53.2 Å². The number of benzene rings is 1. The van der Waals surface area contributed by atoms with Gasteiger partial charge in [-0.2, -0.15) is 0 Å². The fraction of sp³-hybridized carbons (Fsp3) is 0.286. The van der Waals surface area contributed by atoms with E-state index in [1.807, 2.05) is 0 Å². The van der Waals surface area contributed by atoms with Gasteiger partial charge < -0.3 is 20.0 Å². The summed E-state index contributed by atoms with van der Waals surface area (Å²) in [4.78, 5) is 26.3. The van der Waals surface area contributed by atoms with E-state index in [0.717, 1.165) is 19.6 Å². The van der Waals surface area contributed by atoms with Crippen LogP contribution in [0.1, 0.15) is 30.0 Å². The first-order chi connectivity index (χ1) is 14.0. The molecule has 0 radical (unpaired) electrons. The average Bonchev–Trinajstić information content (AvgIpc) is 3.23. The molecule has 1 aromatic heterocycles. The van der Waals surface area contributed by atoms with Crippen molar-refractivity contribution in [1.82, 2.24) is 15.5 Å². The first-order valence-corrected chi connectivity index (χ1v) is 9.86. The molecular weight excluding hydrogens is 388 g/mol. The van der Waals surface area contributed by atoms with Crippen LogP contribution < -0.4 is 16.0 Å². The number of likely N-dealkylation sites (N-methyl/N-ethyl adjacent to an activating group) is 1. The molecule has 7 nitrogen and oxygen atoms in total. The summed E-state index contributed by atoms with van der Waals surface area (Å²) in [6.45, 7) is 7.53. The van der Waals surface area contributed by atoms with E-state index >= 15 is 0 Å². The van der Waals surface area contributed by atoms with Crippen LogP contribution >= 0.6 is 12.2 Å². The Morgan fingerprint density at radius 1 is 1.14 bits per heavy atom. The van der Waals surface area contributed by atoms with Crippen LogP contribution in [0.2, 0.25) is 0 Å². The molecule has 0 saturated carbocycles. The summed E-state index contributed by atoms with van der Waals surface area (Å²) in [6.07, 6.45) is 4.41. The van der Waals surface area contributed by atoms with Crippen LogP contribution in [0.25, 0.3) is 6.08 Å². The van der Waals surface area contributed by atoms with Gasteiger partial charge in [-0.25, -0.2) is 0 Å². The molecular formula is C21H26N4O3S. The third-order valence-corrected chi connectivity index (χ3v) is 4.40. The molecule has 29 heavy (non-hydrogen) atoms. The van der Waals surface area contributed by atoms with Crippen LogP contribution in [-0.4, -0.2) is 48.0 Å². The molecule has 0 atom stereocenters. The van der Waals surface area contributed by atoms with Crippen molar-refractivity contribution in [3.05, 3.63) is 60.1 Å². The summed E-state index contributed by atoms with van der Waals surface area (Å²) in [5.41, 5.74) is 1.23. The molecule has 0 aliphatic rings. The molecule has 0 fully saturated rings. The van der Waals surface area contributed by atoms with E-state index in [0.29, 0.717) is 23.6 Å². The van der Waals surface area contributed by atoms with Crippen molar-refractivity contribution in [1.29, 1.82) is 0 Å². The number of nitrogens with zero attached hydrogens (tertiary/aromatic N) is 1. The number of nitrogens with one attached hydrogen (secondary N) is 3. The zero-order valence-corrected chi connectivity index (χ0v) is 17.4. The Morgan fingerprint density at radius 3 is 2.48 bits per heavy atom. The van der Waals surface area contributed by atoms with Crippen molar-refractivity contribution < 1.29 is 14.0 Å². The second kappa shape index (κ2) is 11.8. The largest absolute Gasteiger partial charge is 0.465 e. The average molecular weight is 415 g/mol. The third-order valence-electron chi connectivity index (χ3n) is 4.19. The quantitative estimate of drug-likeness (QED) is 0.432. The van der Waals surface area contributed by atoms with Crippen LogP contribution in [0, 0.1) is 0 Å². The number of anilines is 1. The lowest BCUT2D eigenvalue weighted by Gasteiger charge is -2.18. The maximum absolute atomic E-state index is 12.2. The van der Waals surface area contributed by atoms with Crippen molar-refractivity contribution >= 4 is 40.9 Å². The molecule has 0 aliphatic heterocycles. The molecule has 1 heterocycles.